The van der Waals surface area contributed by atoms with E-state index in [1.54, 1.807) is 39.0 Å². The summed E-state index contributed by atoms with van der Waals surface area (Å²) in [4.78, 5) is 37.5. The van der Waals surface area contributed by atoms with Crippen molar-refractivity contribution < 1.29 is 33.1 Å². The smallest absolute Gasteiger partial charge is 0.412 e. The second kappa shape index (κ2) is 12.5. The molecule has 0 saturated heterocycles. The quantitative estimate of drug-likeness (QED) is 0.141. The lowest BCUT2D eigenvalue weighted by atomic mass is 9.99. The number of ketones is 1. The number of benzene rings is 3. The highest BCUT2D eigenvalue weighted by molar-refractivity contribution is 9.10. The number of rotatable bonds is 9. The molecule has 13 heteroatoms. The number of nitrogens with one attached hydrogen (secondary N) is 2. The predicted octanol–water partition coefficient (Wildman–Crippen LogP) is 7.36. The number of methoxy groups -OCH3 is 2. The summed E-state index contributed by atoms with van der Waals surface area (Å²) in [6.07, 6.45) is -0.883. The van der Waals surface area contributed by atoms with Crippen molar-refractivity contribution >= 4 is 56.5 Å². The molecule has 2 N–H and O–H groups in total. The monoisotopic (exact) mass is 637 g/mol. The van der Waals surface area contributed by atoms with Gasteiger partial charge in [-0.15, -0.1) is 0 Å². The molecule has 0 aliphatic heterocycles. The Kier molecular flexibility index (Phi) is 9.59. The standard InChI is InChI=1S/C27H26BrClFN3O7/c1-27(2,3)40-26(35)32-19-12-20(33(36)37)22(25(34)17-10-15(30)7-9-18(17)29)23(28)24(19)31-13-14-6-8-16(38-4)11-21(14)39-5/h6-12,31H,13H2,1-5H3,(H,32,35). The van der Waals surface area contributed by atoms with Crippen LogP contribution in [-0.4, -0.2) is 36.6 Å². The third kappa shape index (κ3) is 7.19. The first-order valence-corrected chi connectivity index (χ1v) is 12.9. The number of hydrogen-bond donors (Lipinski definition) is 2. The van der Waals surface area contributed by atoms with Crippen molar-refractivity contribution in [1.82, 2.24) is 0 Å². The van der Waals surface area contributed by atoms with E-state index >= 15 is 0 Å². The van der Waals surface area contributed by atoms with Gasteiger partial charge in [0.1, 0.15) is 28.5 Å². The minimum atomic E-state index is -0.906. The highest BCUT2D eigenvalue weighted by Gasteiger charge is 2.31. The van der Waals surface area contributed by atoms with Gasteiger partial charge >= 0.3 is 6.09 Å². The highest BCUT2D eigenvalue weighted by atomic mass is 79.9. The maximum absolute atomic E-state index is 14.0. The van der Waals surface area contributed by atoms with E-state index in [2.05, 4.69) is 26.6 Å². The van der Waals surface area contributed by atoms with E-state index in [1.807, 2.05) is 0 Å². The average molecular weight is 639 g/mol. The number of hydrogen-bond acceptors (Lipinski definition) is 8. The summed E-state index contributed by atoms with van der Waals surface area (Å²) in [5, 5.41) is 17.6. The lowest BCUT2D eigenvalue weighted by Gasteiger charge is -2.22. The van der Waals surface area contributed by atoms with Crippen molar-refractivity contribution in [2.75, 3.05) is 24.9 Å². The van der Waals surface area contributed by atoms with E-state index in [9.17, 15) is 24.1 Å². The Bertz CT molecular complexity index is 1480. The van der Waals surface area contributed by atoms with Crippen LogP contribution in [0.15, 0.2) is 46.9 Å². The molecule has 3 aromatic rings. The van der Waals surface area contributed by atoms with Gasteiger partial charge < -0.3 is 19.5 Å². The van der Waals surface area contributed by atoms with Crippen LogP contribution < -0.4 is 20.1 Å². The van der Waals surface area contributed by atoms with Gasteiger partial charge in [0.2, 0.25) is 5.78 Å². The van der Waals surface area contributed by atoms with Crippen LogP contribution in [0.2, 0.25) is 5.02 Å². The topological polar surface area (TPSA) is 129 Å². The number of amides is 1. The Morgan fingerprint density at radius 3 is 2.40 bits per heavy atom. The summed E-state index contributed by atoms with van der Waals surface area (Å²) >= 11 is 9.45. The van der Waals surface area contributed by atoms with Gasteiger partial charge in [0.15, 0.2) is 0 Å². The number of carbonyl (C=O) groups excluding carboxylic acids is 2. The fourth-order valence-corrected chi connectivity index (χ4v) is 4.61. The molecule has 0 heterocycles. The Morgan fingerprint density at radius 2 is 1.80 bits per heavy atom. The molecule has 212 valence electrons. The molecule has 1 amide bonds. The first-order chi connectivity index (χ1) is 18.7. The van der Waals surface area contributed by atoms with Crippen LogP contribution in [0.5, 0.6) is 11.5 Å². The fraction of sp³-hybridized carbons (Fsp3) is 0.259. The maximum atomic E-state index is 14.0. The summed E-state index contributed by atoms with van der Waals surface area (Å²) in [7, 11) is 2.99. The Morgan fingerprint density at radius 1 is 1.10 bits per heavy atom. The first-order valence-electron chi connectivity index (χ1n) is 11.7. The zero-order valence-electron chi connectivity index (χ0n) is 22.2. The van der Waals surface area contributed by atoms with Gasteiger partial charge in [-0.2, -0.15) is 0 Å². The zero-order chi connectivity index (χ0) is 29.8. The summed E-state index contributed by atoms with van der Waals surface area (Å²) in [6.45, 7) is 5.07. The lowest BCUT2D eigenvalue weighted by molar-refractivity contribution is -0.385. The fourth-order valence-electron chi connectivity index (χ4n) is 3.67. The number of nitro groups is 1. The van der Waals surface area contributed by atoms with E-state index in [0.717, 1.165) is 18.2 Å². The summed E-state index contributed by atoms with van der Waals surface area (Å²) in [5.74, 6) is -0.615. The highest BCUT2D eigenvalue weighted by Crippen LogP contribution is 2.42. The zero-order valence-corrected chi connectivity index (χ0v) is 24.5. The van der Waals surface area contributed by atoms with Crippen LogP contribution in [0.3, 0.4) is 0 Å². The van der Waals surface area contributed by atoms with E-state index in [-0.39, 0.29) is 33.0 Å². The number of halogens is 3. The van der Waals surface area contributed by atoms with Crippen LogP contribution >= 0.6 is 27.5 Å². The Hall–Kier alpha value is -3.90. The normalized spacial score (nSPS) is 11.0. The van der Waals surface area contributed by atoms with Crippen molar-refractivity contribution in [3.8, 4) is 11.5 Å². The molecule has 0 aliphatic carbocycles. The minimum Gasteiger partial charge on any atom is -0.497 e. The molecule has 0 radical (unpaired) electrons. The molecule has 10 nitrogen and oxygen atoms in total. The number of anilines is 2. The van der Waals surface area contributed by atoms with Crippen molar-refractivity contribution in [1.29, 1.82) is 0 Å². The van der Waals surface area contributed by atoms with Crippen LogP contribution in [0.25, 0.3) is 0 Å². The van der Waals surface area contributed by atoms with Crippen LogP contribution in [-0.2, 0) is 11.3 Å². The second-order valence-electron chi connectivity index (χ2n) is 9.38. The summed E-state index contributed by atoms with van der Waals surface area (Å²) in [5.41, 5.74) is -1.47. The average Bonchev–Trinajstić information content (AvgIpc) is 2.87. The molecular formula is C27H26BrClFN3O7. The van der Waals surface area contributed by atoms with Crippen molar-refractivity contribution in [3.05, 3.63) is 84.6 Å². The van der Waals surface area contributed by atoms with Gasteiger partial charge in [-0.3, -0.25) is 20.2 Å². The summed E-state index contributed by atoms with van der Waals surface area (Å²) in [6, 6.07) is 9.27. The third-order valence-electron chi connectivity index (χ3n) is 5.43. The SMILES string of the molecule is COc1ccc(CNc2c(NC(=O)OC(C)(C)C)cc([N+](=O)[O-])c(C(=O)c3cc(F)ccc3Cl)c2Br)c(OC)c1. The number of ether oxygens (including phenoxy) is 3. The van der Waals surface area contributed by atoms with Gasteiger partial charge in [-0.25, -0.2) is 9.18 Å². The second-order valence-corrected chi connectivity index (χ2v) is 10.6. The molecule has 3 aromatic carbocycles. The molecule has 0 fully saturated rings. The van der Waals surface area contributed by atoms with Gasteiger partial charge in [-0.05, 0) is 67.0 Å². The predicted molar refractivity (Wildman–Crippen MR) is 152 cm³/mol. The Labute approximate surface area is 243 Å². The van der Waals surface area contributed by atoms with Crippen molar-refractivity contribution in [3.63, 3.8) is 0 Å². The summed E-state index contributed by atoms with van der Waals surface area (Å²) < 4.78 is 29.9. The molecule has 0 bridgehead atoms. The third-order valence-corrected chi connectivity index (χ3v) is 6.55. The molecule has 3 rings (SSSR count). The van der Waals surface area contributed by atoms with Gasteiger partial charge in [0, 0.05) is 29.8 Å². The molecule has 0 unspecified atom stereocenters. The van der Waals surface area contributed by atoms with Gasteiger partial charge in [-0.1, -0.05) is 11.6 Å². The Balaban J connectivity index is 2.18. The number of nitrogens with zero attached hydrogens (tertiary/aromatic N) is 1. The van der Waals surface area contributed by atoms with Crippen LogP contribution in [0, 0.1) is 15.9 Å². The molecule has 0 spiro atoms. The minimum absolute atomic E-state index is 0.0535. The van der Waals surface area contributed by atoms with E-state index < -0.39 is 39.5 Å². The molecule has 0 aromatic heterocycles. The van der Waals surface area contributed by atoms with Crippen molar-refractivity contribution in [2.45, 2.75) is 32.9 Å². The maximum Gasteiger partial charge on any atom is 0.412 e. The van der Waals surface area contributed by atoms with Gasteiger partial charge in [0.25, 0.3) is 5.69 Å². The lowest BCUT2D eigenvalue weighted by Crippen LogP contribution is -2.27. The largest absolute Gasteiger partial charge is 0.497 e. The first kappa shape index (κ1) is 30.6. The molecule has 0 atom stereocenters. The molecule has 40 heavy (non-hydrogen) atoms. The molecule has 0 aliphatic rings. The van der Waals surface area contributed by atoms with E-state index in [0.29, 0.717) is 17.1 Å². The van der Waals surface area contributed by atoms with E-state index in [1.165, 1.54) is 20.3 Å². The molecular weight excluding hydrogens is 613 g/mol. The van der Waals surface area contributed by atoms with Crippen molar-refractivity contribution in [2.24, 2.45) is 0 Å². The van der Waals surface area contributed by atoms with Crippen LogP contribution in [0.4, 0.5) is 26.2 Å². The van der Waals surface area contributed by atoms with Gasteiger partial charge in [0.05, 0.1) is 40.0 Å². The van der Waals surface area contributed by atoms with E-state index in [4.69, 9.17) is 25.8 Å². The molecule has 0 saturated carbocycles. The number of carbonyl (C=O) groups is 2. The number of nitro benzene ring substituents is 1. The van der Waals surface area contributed by atoms with Crippen LogP contribution in [0.1, 0.15) is 42.3 Å².